The topological polar surface area (TPSA) is 156 Å². The zero-order valence-corrected chi connectivity index (χ0v) is 31.4. The fraction of sp³-hybridized carbons (Fsp3) is 0.514. The third-order valence-corrected chi connectivity index (χ3v) is 13.9. The molecule has 54 heavy (non-hydrogen) atoms. The highest BCUT2D eigenvalue weighted by Crippen LogP contribution is 2.47. The van der Waals surface area contributed by atoms with E-state index in [2.05, 4.69) is 20.3 Å². The maximum Gasteiger partial charge on any atom is 0.416 e. The Morgan fingerprint density at radius 1 is 1.11 bits per heavy atom. The number of fused-ring (bicyclic) bond motifs is 3. The van der Waals surface area contributed by atoms with Gasteiger partial charge in [-0.15, -0.1) is 0 Å². The van der Waals surface area contributed by atoms with Crippen molar-refractivity contribution >= 4 is 55.0 Å². The van der Waals surface area contributed by atoms with Gasteiger partial charge in [-0.3, -0.25) is 19.1 Å². The molecule has 3 aromatic rings. The van der Waals surface area contributed by atoms with E-state index in [0.29, 0.717) is 48.6 Å². The van der Waals surface area contributed by atoms with Crippen LogP contribution in [0.25, 0.3) is 10.2 Å². The van der Waals surface area contributed by atoms with Crippen molar-refractivity contribution in [1.29, 1.82) is 0 Å². The van der Waals surface area contributed by atoms with Gasteiger partial charge in [0.25, 0.3) is 11.1 Å². The number of rotatable bonds is 8. The maximum atomic E-state index is 14.5. The highest BCUT2D eigenvalue weighted by Gasteiger charge is 2.63. The van der Waals surface area contributed by atoms with E-state index < -0.39 is 73.9 Å². The fourth-order valence-corrected chi connectivity index (χ4v) is 9.36. The lowest BCUT2D eigenvalue weighted by molar-refractivity contribution is -0.140. The molecule has 5 atom stereocenters. The van der Waals surface area contributed by atoms with Gasteiger partial charge in [-0.25, -0.2) is 13.4 Å². The van der Waals surface area contributed by atoms with Crippen molar-refractivity contribution in [3.8, 4) is 10.9 Å². The van der Waals surface area contributed by atoms with Gasteiger partial charge in [-0.1, -0.05) is 42.4 Å². The van der Waals surface area contributed by atoms with Crippen LogP contribution in [-0.2, 0) is 30.6 Å². The van der Waals surface area contributed by atoms with Crippen molar-refractivity contribution in [2.24, 2.45) is 5.92 Å². The summed E-state index contributed by atoms with van der Waals surface area (Å²) in [7, 11) is -2.46. The number of carbonyl (C=O) groups excluding carboxylic acids is 3. The number of methoxy groups -OCH3 is 1. The molecule has 12 nitrogen and oxygen atoms in total. The van der Waals surface area contributed by atoms with Crippen molar-refractivity contribution in [2.45, 2.75) is 99.4 Å². The summed E-state index contributed by atoms with van der Waals surface area (Å²) < 4.78 is 80.6. The Labute approximate surface area is 314 Å². The predicted octanol–water partition coefficient (Wildman–Crippen LogP) is 5.55. The van der Waals surface area contributed by atoms with Gasteiger partial charge >= 0.3 is 6.18 Å². The molecule has 3 heterocycles. The zero-order chi connectivity index (χ0) is 38.5. The highest BCUT2D eigenvalue weighted by atomic mass is 32.2. The van der Waals surface area contributed by atoms with E-state index in [-0.39, 0.29) is 31.5 Å². The summed E-state index contributed by atoms with van der Waals surface area (Å²) in [4.78, 5) is 48.6. The predicted molar refractivity (Wildman–Crippen MR) is 195 cm³/mol. The van der Waals surface area contributed by atoms with Crippen LogP contribution in [0.1, 0.15) is 70.3 Å². The smallest absolute Gasteiger partial charge is 0.416 e. The largest absolute Gasteiger partial charge is 0.497 e. The molecule has 0 unspecified atom stereocenters. The van der Waals surface area contributed by atoms with E-state index in [9.17, 15) is 36.0 Å². The van der Waals surface area contributed by atoms with Crippen LogP contribution in [0.5, 0.6) is 10.9 Å². The first kappa shape index (κ1) is 37.9. The third kappa shape index (κ3) is 7.74. The molecule has 2 saturated carbocycles. The summed E-state index contributed by atoms with van der Waals surface area (Å²) >= 11 is 1.26. The number of allylic oxidation sites excluding steroid dienone is 1. The molecule has 2 aromatic carbocycles. The van der Waals surface area contributed by atoms with Crippen LogP contribution in [0.4, 0.5) is 18.9 Å². The Kier molecular flexibility index (Phi) is 10.1. The molecule has 2 aliphatic heterocycles. The van der Waals surface area contributed by atoms with Crippen LogP contribution in [0.3, 0.4) is 0 Å². The molecule has 290 valence electrons. The van der Waals surface area contributed by atoms with Crippen molar-refractivity contribution in [2.75, 3.05) is 19.0 Å². The lowest BCUT2D eigenvalue weighted by Gasteiger charge is -2.30. The second kappa shape index (κ2) is 14.4. The normalized spacial score (nSPS) is 27.2. The zero-order valence-electron chi connectivity index (χ0n) is 29.8. The SMILES string of the molecule is COc1ccc2nc(O[C@@H]3C[C@H]4C(=O)N[C@]5(C(=O)NS(=O)(=O)C6(C)CC6)C[C@H]5C=CCCCCC[C@H](Nc5cccc(C(F)(F)F)c5)C(=O)N4C3)sc2c1. The first-order valence-electron chi connectivity index (χ1n) is 18.0. The van der Waals surface area contributed by atoms with Crippen LogP contribution >= 0.6 is 11.3 Å². The summed E-state index contributed by atoms with van der Waals surface area (Å²) in [6.45, 7) is 1.51. The number of thiazole rings is 1. The van der Waals surface area contributed by atoms with E-state index in [1.165, 1.54) is 28.4 Å². The van der Waals surface area contributed by atoms with Gasteiger partial charge in [-0.2, -0.15) is 13.2 Å². The minimum Gasteiger partial charge on any atom is -0.497 e. The summed E-state index contributed by atoms with van der Waals surface area (Å²) in [5.41, 5.74) is -1.66. The first-order valence-corrected chi connectivity index (χ1v) is 20.3. The number of halogens is 3. The molecule has 17 heteroatoms. The minimum atomic E-state index is -4.59. The number of hydrogen-bond donors (Lipinski definition) is 3. The number of sulfonamides is 1. The molecule has 3 fully saturated rings. The number of aromatic nitrogens is 1. The number of benzene rings is 2. The molecule has 1 aromatic heterocycles. The lowest BCUT2D eigenvalue weighted by atomic mass is 10.0. The Bertz CT molecular complexity index is 2090. The van der Waals surface area contributed by atoms with Crippen LogP contribution in [0, 0.1) is 5.92 Å². The summed E-state index contributed by atoms with van der Waals surface area (Å²) in [6.07, 6.45) is 2.38. The highest BCUT2D eigenvalue weighted by molar-refractivity contribution is 7.91. The number of nitrogens with zero attached hydrogens (tertiary/aromatic N) is 2. The summed E-state index contributed by atoms with van der Waals surface area (Å²) in [6, 6.07) is 7.83. The van der Waals surface area contributed by atoms with Gasteiger partial charge in [-0.05, 0) is 81.8 Å². The van der Waals surface area contributed by atoms with Crippen LogP contribution in [0.15, 0.2) is 54.6 Å². The van der Waals surface area contributed by atoms with E-state index in [1.807, 2.05) is 18.2 Å². The molecule has 7 rings (SSSR count). The van der Waals surface area contributed by atoms with E-state index >= 15 is 0 Å². The average molecular weight is 790 g/mol. The Balaban J connectivity index is 1.19. The molecule has 3 amide bonds. The number of ether oxygens (including phenoxy) is 2. The minimum absolute atomic E-state index is 0.0155. The van der Waals surface area contributed by atoms with Crippen molar-refractivity contribution in [1.82, 2.24) is 19.9 Å². The van der Waals surface area contributed by atoms with Crippen LogP contribution in [-0.4, -0.2) is 78.2 Å². The van der Waals surface area contributed by atoms with Gasteiger partial charge in [0.05, 0.1) is 34.2 Å². The molecular formula is C37H42F3N5O7S2. The Morgan fingerprint density at radius 3 is 2.65 bits per heavy atom. The summed E-state index contributed by atoms with van der Waals surface area (Å²) in [5.74, 6) is -1.86. The molecule has 3 N–H and O–H groups in total. The molecule has 1 saturated heterocycles. The number of carbonyl (C=O) groups is 3. The van der Waals surface area contributed by atoms with Gasteiger partial charge in [0, 0.05) is 18.0 Å². The molecule has 4 aliphatic rings. The number of nitrogens with one attached hydrogen (secondary N) is 3. The lowest BCUT2D eigenvalue weighted by Crippen LogP contribution is -2.58. The van der Waals surface area contributed by atoms with Crippen molar-refractivity contribution < 1.29 is 45.4 Å². The monoisotopic (exact) mass is 789 g/mol. The van der Waals surface area contributed by atoms with Crippen LogP contribution < -0.4 is 24.8 Å². The molecular weight excluding hydrogens is 748 g/mol. The quantitative estimate of drug-likeness (QED) is 0.249. The Hall–Kier alpha value is -4.38. The second-order valence-electron chi connectivity index (χ2n) is 14.8. The number of alkyl halides is 3. The van der Waals surface area contributed by atoms with Crippen LogP contribution in [0.2, 0.25) is 0 Å². The molecule has 2 aliphatic carbocycles. The fourth-order valence-electron chi connectivity index (χ4n) is 7.14. The molecule has 0 bridgehead atoms. The van der Waals surface area contributed by atoms with Crippen molar-refractivity contribution in [3.63, 3.8) is 0 Å². The van der Waals surface area contributed by atoms with Gasteiger partial charge < -0.3 is 25.0 Å². The summed E-state index contributed by atoms with van der Waals surface area (Å²) in [5, 5.41) is 6.16. The van der Waals surface area contributed by atoms with Gasteiger partial charge in [0.1, 0.15) is 29.5 Å². The van der Waals surface area contributed by atoms with Gasteiger partial charge in [0.2, 0.25) is 21.8 Å². The maximum absolute atomic E-state index is 14.5. The van der Waals surface area contributed by atoms with Gasteiger partial charge in [0.15, 0.2) is 0 Å². The second-order valence-corrected chi connectivity index (χ2v) is 18.0. The Morgan fingerprint density at radius 2 is 1.91 bits per heavy atom. The molecule has 0 spiro atoms. The van der Waals surface area contributed by atoms with E-state index in [1.54, 1.807) is 26.2 Å². The first-order chi connectivity index (χ1) is 25.6. The number of amides is 3. The van der Waals surface area contributed by atoms with E-state index in [0.717, 1.165) is 23.3 Å². The average Bonchev–Trinajstić information content (AvgIpc) is 3.94. The number of anilines is 1. The molecule has 0 radical (unpaired) electrons. The number of hydrogen-bond acceptors (Lipinski definition) is 10. The van der Waals surface area contributed by atoms with Crippen molar-refractivity contribution in [3.05, 3.63) is 60.2 Å². The van der Waals surface area contributed by atoms with E-state index in [4.69, 9.17) is 9.47 Å². The third-order valence-electron chi connectivity index (χ3n) is 10.8. The standard InChI is InChI=1S/C37H42F3N5O7S2/c1-35(15-16-35)54(49,50)44-33(48)36-20-23(36)9-6-4-3-5-7-12-28(41-24-11-8-10-22(17-24)37(38,39)40)32(47)45-21-26(18-29(45)31(46)43-36)52-34-42-27-14-13-25(51-2)19-30(27)53-34/h6,8-11,13-14,17,19,23,26,28-29,41H,3-5,7,12,15-16,18,20-21H2,1-2H3,(H,43,46)(H,44,48)/t23-,26-,28+,29+,36-/m1/s1.